The molecule has 3 unspecified atom stereocenters. The molecule has 0 aliphatic heterocycles. The fourth-order valence-corrected chi connectivity index (χ4v) is 6.09. The molecule has 2 aliphatic rings. The second kappa shape index (κ2) is 11.1. The van der Waals surface area contributed by atoms with E-state index in [2.05, 4.69) is 24.7 Å². The minimum Gasteiger partial charge on any atom is -0.461 e. The summed E-state index contributed by atoms with van der Waals surface area (Å²) in [5, 5.41) is 0. The number of aryl methyl sites for hydroxylation is 1. The van der Waals surface area contributed by atoms with Crippen LogP contribution in [0.15, 0.2) is 12.1 Å². The Balaban J connectivity index is 1.76. The highest BCUT2D eigenvalue weighted by molar-refractivity contribution is 5.92. The molecule has 0 spiro atoms. The van der Waals surface area contributed by atoms with Gasteiger partial charge in [0.15, 0.2) is 0 Å². The van der Waals surface area contributed by atoms with E-state index in [9.17, 15) is 19.2 Å². The van der Waals surface area contributed by atoms with Gasteiger partial charge < -0.3 is 19.0 Å². The van der Waals surface area contributed by atoms with Gasteiger partial charge in [0, 0.05) is 5.41 Å². The largest absolute Gasteiger partial charge is 0.516 e. The van der Waals surface area contributed by atoms with Crippen molar-refractivity contribution in [1.82, 2.24) is 0 Å². The smallest absolute Gasteiger partial charge is 0.461 e. The summed E-state index contributed by atoms with van der Waals surface area (Å²) < 4.78 is 14.9. The fraction of sp³-hybridized carbons (Fsp3) is 0.655. The fourth-order valence-electron chi connectivity index (χ4n) is 6.09. The molecule has 0 radical (unpaired) electrons. The highest BCUT2D eigenvalue weighted by atomic mass is 16.7. The van der Waals surface area contributed by atoms with Gasteiger partial charge in [-0.1, -0.05) is 54.0 Å². The number of esters is 2. The number of ether oxygens (including phenoxy) is 3. The van der Waals surface area contributed by atoms with Gasteiger partial charge in [0.25, 0.3) is 0 Å². The van der Waals surface area contributed by atoms with E-state index in [4.69, 9.17) is 9.47 Å². The first kappa shape index (κ1) is 27.9. The number of carbonyl (C=O) groups is 4. The summed E-state index contributed by atoms with van der Waals surface area (Å²) >= 11 is 0. The van der Waals surface area contributed by atoms with Crippen LogP contribution >= 0.6 is 0 Å². The van der Waals surface area contributed by atoms with E-state index in [1.807, 2.05) is 33.8 Å². The summed E-state index contributed by atoms with van der Waals surface area (Å²) in [7, 11) is 0. The molecule has 0 amide bonds. The van der Waals surface area contributed by atoms with E-state index >= 15 is 0 Å². The minimum absolute atomic E-state index is 0.107. The van der Waals surface area contributed by atoms with Gasteiger partial charge in [0.2, 0.25) is 0 Å². The predicted molar refractivity (Wildman–Crippen MR) is 135 cm³/mol. The highest BCUT2D eigenvalue weighted by Crippen LogP contribution is 2.56. The zero-order valence-corrected chi connectivity index (χ0v) is 22.5. The average Bonchev–Trinajstić information content (AvgIpc) is 2.81. The third-order valence-electron chi connectivity index (χ3n) is 7.95. The van der Waals surface area contributed by atoms with E-state index in [-0.39, 0.29) is 48.2 Å². The monoisotopic (exact) mass is 500 g/mol. The van der Waals surface area contributed by atoms with Gasteiger partial charge in [-0.25, -0.2) is 9.59 Å². The van der Waals surface area contributed by atoms with Crippen LogP contribution in [0.3, 0.4) is 0 Å². The normalized spacial score (nSPS) is 25.1. The molecule has 0 bridgehead atoms. The number of carbonyl (C=O) groups excluding carboxylic acids is 4. The third kappa shape index (κ3) is 5.81. The molecule has 7 heteroatoms. The Kier molecular flexibility index (Phi) is 8.63. The number of aldehydes is 1. The van der Waals surface area contributed by atoms with Crippen molar-refractivity contribution < 1.29 is 33.4 Å². The van der Waals surface area contributed by atoms with Gasteiger partial charge >= 0.3 is 18.1 Å². The summed E-state index contributed by atoms with van der Waals surface area (Å²) in [6, 6.07) is 4.10. The van der Waals surface area contributed by atoms with E-state index in [0.29, 0.717) is 5.56 Å². The number of rotatable bonds is 8. The number of hydrogen-bond donors (Lipinski definition) is 0. The van der Waals surface area contributed by atoms with Crippen molar-refractivity contribution in [2.24, 2.45) is 17.3 Å². The maximum Gasteiger partial charge on any atom is 0.516 e. The molecule has 1 saturated carbocycles. The minimum atomic E-state index is -1.05. The van der Waals surface area contributed by atoms with Gasteiger partial charge in [-0.3, -0.25) is 4.79 Å². The Hall–Kier alpha value is -2.70. The van der Waals surface area contributed by atoms with Crippen LogP contribution in [-0.4, -0.2) is 37.6 Å². The molecule has 0 aromatic heterocycles. The van der Waals surface area contributed by atoms with E-state index < -0.39 is 18.1 Å². The summed E-state index contributed by atoms with van der Waals surface area (Å²) in [5.41, 5.74) is 3.23. The molecule has 0 N–H and O–H groups in total. The van der Waals surface area contributed by atoms with Crippen LogP contribution in [-0.2, 0) is 35.6 Å². The Morgan fingerprint density at radius 1 is 1.08 bits per heavy atom. The quantitative estimate of drug-likeness (QED) is 0.249. The number of benzene rings is 1. The van der Waals surface area contributed by atoms with Crippen molar-refractivity contribution in [2.75, 3.05) is 13.2 Å². The molecule has 198 valence electrons. The maximum atomic E-state index is 13.2. The van der Waals surface area contributed by atoms with Crippen LogP contribution < -0.4 is 0 Å². The van der Waals surface area contributed by atoms with Crippen LogP contribution in [0.1, 0.15) is 107 Å². The summed E-state index contributed by atoms with van der Waals surface area (Å²) in [6.07, 6.45) is 4.52. The Bertz CT molecular complexity index is 1010. The maximum absolute atomic E-state index is 13.2. The van der Waals surface area contributed by atoms with Crippen LogP contribution in [0, 0.1) is 17.3 Å². The van der Waals surface area contributed by atoms with E-state index in [0.717, 1.165) is 49.5 Å². The molecule has 3 atom stereocenters. The summed E-state index contributed by atoms with van der Waals surface area (Å²) in [5.74, 6) is -0.856. The molecule has 1 aromatic rings. The van der Waals surface area contributed by atoms with Crippen molar-refractivity contribution in [3.05, 3.63) is 34.4 Å². The van der Waals surface area contributed by atoms with Crippen LogP contribution in [0.2, 0.25) is 0 Å². The Morgan fingerprint density at radius 2 is 1.81 bits per heavy atom. The number of hydrogen-bond acceptors (Lipinski definition) is 7. The van der Waals surface area contributed by atoms with Crippen molar-refractivity contribution in [3.8, 4) is 0 Å². The van der Waals surface area contributed by atoms with Crippen molar-refractivity contribution in [3.63, 3.8) is 0 Å². The lowest BCUT2D eigenvalue weighted by Gasteiger charge is -2.53. The second-order valence-corrected chi connectivity index (χ2v) is 11.6. The molecular weight excluding hydrogens is 460 g/mol. The topological polar surface area (TPSA) is 96.0 Å². The van der Waals surface area contributed by atoms with Crippen molar-refractivity contribution >= 4 is 24.4 Å². The first-order valence-electron chi connectivity index (χ1n) is 13.1. The first-order chi connectivity index (χ1) is 16.9. The molecule has 0 heterocycles. The second-order valence-electron chi connectivity index (χ2n) is 11.6. The van der Waals surface area contributed by atoms with Crippen molar-refractivity contribution in [2.45, 2.75) is 91.4 Å². The molecule has 1 aromatic carbocycles. The highest BCUT2D eigenvalue weighted by Gasteiger charge is 2.52. The van der Waals surface area contributed by atoms with Gasteiger partial charge in [0.05, 0.1) is 18.6 Å². The zero-order chi connectivity index (χ0) is 26.7. The first-order valence-corrected chi connectivity index (χ1v) is 13.1. The number of fused-ring (bicyclic) bond motifs is 3. The van der Waals surface area contributed by atoms with E-state index in [1.165, 1.54) is 5.56 Å². The average molecular weight is 501 g/mol. The molecule has 7 nitrogen and oxygen atoms in total. The van der Waals surface area contributed by atoms with Crippen molar-refractivity contribution in [1.29, 1.82) is 0 Å². The summed E-state index contributed by atoms with van der Waals surface area (Å²) in [6.45, 7) is 12.1. The molecule has 1 fully saturated rings. The Morgan fingerprint density at radius 3 is 2.44 bits per heavy atom. The standard InChI is InChI=1S/C29H40O7/c1-18(2)16-35-27(33)36-25(31)10-13-34-26(32)22-15-23-20(14-21(22)19(3)4)8-9-24-28(5,17-30)11-7-12-29(23,24)6/h14-15,17-19,24H,7-13,16H2,1-6H3. The van der Waals surface area contributed by atoms with Crippen LogP contribution in [0.5, 0.6) is 0 Å². The molecule has 2 aliphatic carbocycles. The van der Waals surface area contributed by atoms with Crippen LogP contribution in [0.4, 0.5) is 4.79 Å². The SMILES string of the molecule is CC(C)COC(=O)OC(=O)CCOC(=O)c1cc2c(cc1C(C)C)CCC1C(C)(C=O)CCCC21C. The lowest BCUT2D eigenvalue weighted by Crippen LogP contribution is -2.49. The molecular formula is C29H40O7. The third-order valence-corrected chi connectivity index (χ3v) is 7.95. The van der Waals surface area contributed by atoms with Gasteiger partial charge in [-0.05, 0) is 71.6 Å². The summed E-state index contributed by atoms with van der Waals surface area (Å²) in [4.78, 5) is 48.7. The zero-order valence-electron chi connectivity index (χ0n) is 22.5. The Labute approximate surface area is 214 Å². The molecule has 0 saturated heterocycles. The van der Waals surface area contributed by atoms with Gasteiger partial charge in [-0.15, -0.1) is 0 Å². The van der Waals surface area contributed by atoms with E-state index in [1.54, 1.807) is 0 Å². The lowest BCUT2D eigenvalue weighted by molar-refractivity contribution is -0.140. The lowest BCUT2D eigenvalue weighted by atomic mass is 9.50. The van der Waals surface area contributed by atoms with Gasteiger partial charge in [-0.2, -0.15) is 0 Å². The molecule has 36 heavy (non-hydrogen) atoms. The molecule has 3 rings (SSSR count). The predicted octanol–water partition coefficient (Wildman–Crippen LogP) is 5.90. The van der Waals surface area contributed by atoms with Crippen LogP contribution in [0.25, 0.3) is 0 Å². The van der Waals surface area contributed by atoms with Gasteiger partial charge in [0.1, 0.15) is 12.9 Å².